The summed E-state index contributed by atoms with van der Waals surface area (Å²) in [6.45, 7) is 4.59. The number of hydrogen-bond donors (Lipinski definition) is 1. The van der Waals surface area contributed by atoms with Crippen molar-refractivity contribution in [1.29, 1.82) is 0 Å². The highest BCUT2D eigenvalue weighted by molar-refractivity contribution is 5.75. The number of aliphatic carboxylic acids is 1. The fourth-order valence-corrected chi connectivity index (χ4v) is 1.43. The predicted molar refractivity (Wildman–Crippen MR) is 51.0 cm³/mol. The van der Waals surface area contributed by atoms with Gasteiger partial charge in [-0.25, -0.2) is 4.68 Å². The molecule has 1 unspecified atom stereocenters. The van der Waals surface area contributed by atoms with Crippen LogP contribution < -0.4 is 0 Å². The molecule has 1 rings (SSSR count). The van der Waals surface area contributed by atoms with E-state index in [1.165, 1.54) is 6.20 Å². The van der Waals surface area contributed by atoms with Gasteiger partial charge >= 0.3 is 5.97 Å². The van der Waals surface area contributed by atoms with E-state index in [0.717, 1.165) is 13.0 Å². The number of aromatic nitrogens is 3. The fraction of sp³-hybridized carbons (Fsp3) is 0.667. The number of aryl methyl sites for hydroxylation is 1. The lowest BCUT2D eigenvalue weighted by molar-refractivity contribution is -0.139. The molecule has 1 N–H and O–H groups in total. The zero-order valence-corrected chi connectivity index (χ0v) is 8.47. The van der Waals surface area contributed by atoms with Gasteiger partial charge in [0.2, 0.25) is 0 Å². The van der Waals surface area contributed by atoms with Crippen LogP contribution in [0.2, 0.25) is 0 Å². The summed E-state index contributed by atoms with van der Waals surface area (Å²) in [7, 11) is 0. The lowest BCUT2D eigenvalue weighted by Crippen LogP contribution is -2.16. The molecule has 14 heavy (non-hydrogen) atoms. The average Bonchev–Trinajstić information content (AvgIpc) is 2.55. The van der Waals surface area contributed by atoms with Crippen molar-refractivity contribution < 1.29 is 9.90 Å². The molecule has 1 aromatic rings. The maximum Gasteiger partial charge on any atom is 0.312 e. The van der Waals surface area contributed by atoms with E-state index in [1.807, 2.05) is 13.8 Å². The molecule has 1 atom stereocenters. The molecule has 5 heteroatoms. The van der Waals surface area contributed by atoms with Crippen molar-refractivity contribution in [2.75, 3.05) is 0 Å². The Hall–Kier alpha value is -1.39. The molecule has 1 heterocycles. The molecule has 0 bridgehead atoms. The van der Waals surface area contributed by atoms with Gasteiger partial charge in [0.15, 0.2) is 0 Å². The third-order valence-corrected chi connectivity index (χ3v) is 2.15. The van der Waals surface area contributed by atoms with E-state index >= 15 is 0 Å². The third kappa shape index (κ3) is 2.10. The molecule has 0 aliphatic carbocycles. The molecule has 0 spiro atoms. The quantitative estimate of drug-likeness (QED) is 0.771. The number of rotatable bonds is 5. The molecule has 5 nitrogen and oxygen atoms in total. The van der Waals surface area contributed by atoms with Gasteiger partial charge in [-0.05, 0) is 12.8 Å². The van der Waals surface area contributed by atoms with Gasteiger partial charge in [-0.2, -0.15) is 0 Å². The van der Waals surface area contributed by atoms with E-state index in [9.17, 15) is 4.79 Å². The molecule has 0 saturated carbocycles. The largest absolute Gasteiger partial charge is 0.481 e. The van der Waals surface area contributed by atoms with Crippen LogP contribution in [0.5, 0.6) is 0 Å². The molecule has 1 aromatic heterocycles. The van der Waals surface area contributed by atoms with Gasteiger partial charge in [0.1, 0.15) is 0 Å². The van der Waals surface area contributed by atoms with Crippen LogP contribution in [0.25, 0.3) is 0 Å². The summed E-state index contributed by atoms with van der Waals surface area (Å²) in [6, 6.07) is 0. The highest BCUT2D eigenvalue weighted by Crippen LogP contribution is 2.18. The Balaban J connectivity index is 2.91. The molecule has 0 aliphatic rings. The predicted octanol–water partition coefficient (Wildman–Crippen LogP) is 1.27. The molecular weight excluding hydrogens is 182 g/mol. The molecule has 0 aromatic carbocycles. The van der Waals surface area contributed by atoms with Crippen LogP contribution in [-0.2, 0) is 11.3 Å². The minimum atomic E-state index is -0.813. The van der Waals surface area contributed by atoms with E-state index < -0.39 is 11.9 Å². The normalized spacial score (nSPS) is 12.7. The SMILES string of the molecule is CCCn1nncc1C(CC)C(=O)O. The third-order valence-electron chi connectivity index (χ3n) is 2.15. The van der Waals surface area contributed by atoms with Gasteiger partial charge in [0.05, 0.1) is 17.8 Å². The van der Waals surface area contributed by atoms with E-state index in [4.69, 9.17) is 5.11 Å². The van der Waals surface area contributed by atoms with Gasteiger partial charge in [-0.15, -0.1) is 5.10 Å². The van der Waals surface area contributed by atoms with Crippen molar-refractivity contribution >= 4 is 5.97 Å². The van der Waals surface area contributed by atoms with Crippen LogP contribution in [-0.4, -0.2) is 26.1 Å². The maximum absolute atomic E-state index is 10.9. The lowest BCUT2D eigenvalue weighted by atomic mass is 10.0. The summed E-state index contributed by atoms with van der Waals surface area (Å²) in [5.74, 6) is -1.30. The molecule has 78 valence electrons. The molecule has 0 aliphatic heterocycles. The van der Waals surface area contributed by atoms with Gasteiger partial charge in [0, 0.05) is 6.54 Å². The van der Waals surface area contributed by atoms with Crippen molar-refractivity contribution in [2.45, 2.75) is 39.2 Å². The second kappa shape index (κ2) is 4.74. The van der Waals surface area contributed by atoms with E-state index in [1.54, 1.807) is 4.68 Å². The molecule has 0 amide bonds. The number of carboxylic acid groups (broad SMARTS) is 1. The minimum Gasteiger partial charge on any atom is -0.481 e. The first-order valence-corrected chi connectivity index (χ1v) is 4.81. The Morgan fingerprint density at radius 3 is 2.86 bits per heavy atom. The summed E-state index contributed by atoms with van der Waals surface area (Å²) in [5.41, 5.74) is 0.696. The van der Waals surface area contributed by atoms with Crippen molar-refractivity contribution in [3.8, 4) is 0 Å². The number of hydrogen-bond acceptors (Lipinski definition) is 3. The standard InChI is InChI=1S/C9H15N3O2/c1-3-5-12-8(6-10-11-12)7(4-2)9(13)14/h6-7H,3-5H2,1-2H3,(H,13,14). The highest BCUT2D eigenvalue weighted by atomic mass is 16.4. The van der Waals surface area contributed by atoms with Crippen LogP contribution in [0.15, 0.2) is 6.20 Å². The van der Waals surface area contributed by atoms with Crippen molar-refractivity contribution in [3.63, 3.8) is 0 Å². The van der Waals surface area contributed by atoms with Gasteiger partial charge < -0.3 is 5.11 Å². The van der Waals surface area contributed by atoms with Crippen molar-refractivity contribution in [1.82, 2.24) is 15.0 Å². The Labute approximate surface area is 82.7 Å². The highest BCUT2D eigenvalue weighted by Gasteiger charge is 2.21. The van der Waals surface area contributed by atoms with Crippen molar-refractivity contribution in [3.05, 3.63) is 11.9 Å². The second-order valence-corrected chi connectivity index (χ2v) is 3.18. The fourth-order valence-electron chi connectivity index (χ4n) is 1.43. The minimum absolute atomic E-state index is 0.489. The Morgan fingerprint density at radius 2 is 2.36 bits per heavy atom. The monoisotopic (exact) mass is 197 g/mol. The zero-order chi connectivity index (χ0) is 10.6. The maximum atomic E-state index is 10.9. The second-order valence-electron chi connectivity index (χ2n) is 3.18. The van der Waals surface area contributed by atoms with E-state index in [-0.39, 0.29) is 0 Å². The summed E-state index contributed by atoms with van der Waals surface area (Å²) in [4.78, 5) is 10.9. The van der Waals surface area contributed by atoms with Gasteiger partial charge in [-0.3, -0.25) is 4.79 Å². The number of carbonyl (C=O) groups is 1. The summed E-state index contributed by atoms with van der Waals surface area (Å²) < 4.78 is 1.67. The summed E-state index contributed by atoms with van der Waals surface area (Å²) in [5, 5.41) is 16.6. The smallest absolute Gasteiger partial charge is 0.312 e. The van der Waals surface area contributed by atoms with Crippen LogP contribution in [0, 0.1) is 0 Å². The Kier molecular flexibility index (Phi) is 3.62. The van der Waals surface area contributed by atoms with Gasteiger partial charge in [-0.1, -0.05) is 19.1 Å². The molecule has 0 radical (unpaired) electrons. The number of carboxylic acids is 1. The molecule has 0 saturated heterocycles. The van der Waals surface area contributed by atoms with Crippen LogP contribution >= 0.6 is 0 Å². The van der Waals surface area contributed by atoms with Crippen LogP contribution in [0.1, 0.15) is 38.3 Å². The molecule has 0 fully saturated rings. The van der Waals surface area contributed by atoms with Crippen LogP contribution in [0.3, 0.4) is 0 Å². The van der Waals surface area contributed by atoms with Crippen LogP contribution in [0.4, 0.5) is 0 Å². The molecular formula is C9H15N3O2. The van der Waals surface area contributed by atoms with E-state index in [0.29, 0.717) is 12.1 Å². The van der Waals surface area contributed by atoms with Crippen molar-refractivity contribution in [2.24, 2.45) is 0 Å². The number of nitrogens with zero attached hydrogens (tertiary/aromatic N) is 3. The first kappa shape index (κ1) is 10.7. The first-order chi connectivity index (χ1) is 6.70. The average molecular weight is 197 g/mol. The lowest BCUT2D eigenvalue weighted by Gasteiger charge is -2.10. The first-order valence-electron chi connectivity index (χ1n) is 4.81. The van der Waals surface area contributed by atoms with E-state index in [2.05, 4.69) is 10.3 Å². The zero-order valence-electron chi connectivity index (χ0n) is 8.47. The summed E-state index contributed by atoms with van der Waals surface area (Å²) >= 11 is 0. The summed E-state index contributed by atoms with van der Waals surface area (Å²) in [6.07, 6.45) is 3.02. The Morgan fingerprint density at radius 1 is 1.64 bits per heavy atom. The van der Waals surface area contributed by atoms with Gasteiger partial charge in [0.25, 0.3) is 0 Å². The Bertz CT molecular complexity index is 309. The topological polar surface area (TPSA) is 68.0 Å².